The number of rotatable bonds is 4. The number of fused-ring (bicyclic) bond motifs is 2. The molecule has 0 radical (unpaired) electrons. The Hall–Kier alpha value is -3.41. The highest BCUT2D eigenvalue weighted by Gasteiger charge is 2.48. The number of ether oxygens (including phenoxy) is 1. The van der Waals surface area contributed by atoms with Crippen molar-refractivity contribution in [1.82, 2.24) is 10.9 Å². The summed E-state index contributed by atoms with van der Waals surface area (Å²) in [6, 6.07) is 14.4. The van der Waals surface area contributed by atoms with Crippen LogP contribution in [-0.2, 0) is 16.2 Å². The van der Waals surface area contributed by atoms with Crippen molar-refractivity contribution >= 4 is 40.6 Å². The highest BCUT2D eigenvalue weighted by molar-refractivity contribution is 7.10. The first-order valence-electron chi connectivity index (χ1n) is 9.46. The van der Waals surface area contributed by atoms with Gasteiger partial charge in [-0.2, -0.15) is 13.8 Å². The number of nitrogens with zero attached hydrogens (tertiary/aromatic N) is 1. The highest BCUT2D eigenvalue weighted by Crippen LogP contribution is 2.40. The minimum absolute atomic E-state index is 0.0537. The van der Waals surface area contributed by atoms with Crippen molar-refractivity contribution < 1.29 is 33.1 Å². The third kappa shape index (κ3) is 4.85. The summed E-state index contributed by atoms with van der Waals surface area (Å²) in [6.45, 7) is 0.0537. The number of amides is 2. The number of carbonyl (C=O) groups is 2. The molecule has 4 rings (SSSR count). The van der Waals surface area contributed by atoms with Gasteiger partial charge in [0.15, 0.2) is 11.9 Å². The Kier molecular flexibility index (Phi) is 6.36. The molecule has 33 heavy (non-hydrogen) atoms. The maximum absolute atomic E-state index is 14.3. The maximum atomic E-state index is 14.3. The molecule has 3 N–H and O–H groups in total. The van der Waals surface area contributed by atoms with Gasteiger partial charge in [0.2, 0.25) is 0 Å². The number of para-hydroxylation sites is 1. The first kappa shape index (κ1) is 22.8. The second-order valence-electron chi connectivity index (χ2n) is 6.86. The number of anilines is 1. The van der Waals surface area contributed by atoms with Gasteiger partial charge in [-0.1, -0.05) is 35.9 Å². The standard InChI is InChI=1S/C21H16ClF2N3O5S/c22-13-7-8-16-14(10-13)27(11-12-4-1-2-5-15(12)31-16)32-20(30)26-25-19(29)21(23,24)18(28)17-6-3-9-33-17/h1-10,18,28H,11H2,(H,25,29)(H,26,30). The third-order valence-corrected chi connectivity index (χ3v) is 5.79. The molecule has 0 fully saturated rings. The number of hydrogen-bond donors (Lipinski definition) is 3. The second kappa shape index (κ2) is 9.22. The van der Waals surface area contributed by atoms with Crippen molar-refractivity contribution in [1.29, 1.82) is 0 Å². The fourth-order valence-electron chi connectivity index (χ4n) is 3.01. The average Bonchev–Trinajstić information content (AvgIpc) is 3.28. The van der Waals surface area contributed by atoms with Crippen LogP contribution in [0.5, 0.6) is 11.5 Å². The molecular formula is C21H16ClF2N3O5S. The van der Waals surface area contributed by atoms with Crippen LogP contribution in [0.3, 0.4) is 0 Å². The van der Waals surface area contributed by atoms with Gasteiger partial charge in [0.25, 0.3) is 0 Å². The summed E-state index contributed by atoms with van der Waals surface area (Å²) in [6.07, 6.45) is -3.63. The Labute approximate surface area is 195 Å². The van der Waals surface area contributed by atoms with E-state index in [1.807, 2.05) is 0 Å². The summed E-state index contributed by atoms with van der Waals surface area (Å²) < 4.78 is 34.4. The van der Waals surface area contributed by atoms with E-state index in [2.05, 4.69) is 0 Å². The lowest BCUT2D eigenvalue weighted by atomic mass is 10.1. The zero-order valence-corrected chi connectivity index (χ0v) is 18.2. The smallest absolute Gasteiger partial charge is 0.450 e. The van der Waals surface area contributed by atoms with Gasteiger partial charge in [-0.05, 0) is 35.7 Å². The summed E-state index contributed by atoms with van der Waals surface area (Å²) >= 11 is 6.93. The molecule has 2 amide bonds. The van der Waals surface area contributed by atoms with Gasteiger partial charge < -0.3 is 14.7 Å². The minimum atomic E-state index is -4.20. The number of alkyl halides is 2. The quantitative estimate of drug-likeness (QED) is 0.459. The number of hydroxylamine groups is 1. The Bertz CT molecular complexity index is 1180. The third-order valence-electron chi connectivity index (χ3n) is 4.63. The van der Waals surface area contributed by atoms with Crippen LogP contribution in [0, 0.1) is 0 Å². The minimum Gasteiger partial charge on any atom is -0.455 e. The molecule has 0 saturated carbocycles. The van der Waals surface area contributed by atoms with Crippen LogP contribution in [0.25, 0.3) is 0 Å². The molecule has 172 valence electrons. The van der Waals surface area contributed by atoms with Crippen LogP contribution in [0.15, 0.2) is 60.0 Å². The Morgan fingerprint density at radius 1 is 1.15 bits per heavy atom. The van der Waals surface area contributed by atoms with Gasteiger partial charge in [-0.25, -0.2) is 10.2 Å². The van der Waals surface area contributed by atoms with Crippen molar-refractivity contribution in [3.63, 3.8) is 0 Å². The van der Waals surface area contributed by atoms with Crippen LogP contribution >= 0.6 is 22.9 Å². The van der Waals surface area contributed by atoms with Crippen LogP contribution in [0.1, 0.15) is 16.5 Å². The number of aliphatic hydroxyl groups is 1. The summed E-state index contributed by atoms with van der Waals surface area (Å²) in [4.78, 5) is 29.3. The molecule has 1 unspecified atom stereocenters. The van der Waals surface area contributed by atoms with E-state index < -0.39 is 24.0 Å². The Morgan fingerprint density at radius 2 is 1.94 bits per heavy atom. The van der Waals surface area contributed by atoms with Crippen LogP contribution in [0.2, 0.25) is 5.02 Å². The zero-order chi connectivity index (χ0) is 23.6. The number of carbonyl (C=O) groups excluding carboxylic acids is 2. The number of halogens is 3. The van der Waals surface area contributed by atoms with Gasteiger partial charge in [0.1, 0.15) is 11.4 Å². The molecule has 2 aromatic carbocycles. The molecule has 12 heteroatoms. The molecule has 3 aromatic rings. The molecule has 0 aliphatic carbocycles. The largest absolute Gasteiger partial charge is 0.455 e. The van der Waals surface area contributed by atoms with Crippen molar-refractivity contribution in [2.24, 2.45) is 0 Å². The van der Waals surface area contributed by atoms with E-state index in [4.69, 9.17) is 21.2 Å². The summed E-state index contributed by atoms with van der Waals surface area (Å²) in [7, 11) is 0. The van der Waals surface area contributed by atoms with E-state index in [-0.39, 0.29) is 11.4 Å². The molecular weight excluding hydrogens is 480 g/mol. The normalized spacial score (nSPS) is 13.6. The van der Waals surface area contributed by atoms with Gasteiger partial charge in [0, 0.05) is 15.5 Å². The molecule has 8 nitrogen and oxygen atoms in total. The lowest BCUT2D eigenvalue weighted by Gasteiger charge is -2.24. The summed E-state index contributed by atoms with van der Waals surface area (Å²) in [5, 5.41) is 12.8. The van der Waals surface area contributed by atoms with E-state index in [0.717, 1.165) is 16.4 Å². The number of benzene rings is 2. The molecule has 1 aromatic heterocycles. The fourth-order valence-corrected chi connectivity index (χ4v) is 3.92. The summed E-state index contributed by atoms with van der Waals surface area (Å²) in [5.41, 5.74) is 4.31. The molecule has 2 heterocycles. The van der Waals surface area contributed by atoms with Gasteiger partial charge >= 0.3 is 17.9 Å². The molecule has 0 saturated heterocycles. The first-order valence-corrected chi connectivity index (χ1v) is 10.7. The first-order chi connectivity index (χ1) is 15.8. The van der Waals surface area contributed by atoms with E-state index in [1.54, 1.807) is 47.2 Å². The lowest BCUT2D eigenvalue weighted by Crippen LogP contribution is -2.52. The number of hydrazine groups is 1. The van der Waals surface area contributed by atoms with Crippen molar-refractivity contribution in [2.75, 3.05) is 5.06 Å². The zero-order valence-electron chi connectivity index (χ0n) is 16.6. The average molecular weight is 496 g/mol. The van der Waals surface area contributed by atoms with Crippen LogP contribution < -0.4 is 20.7 Å². The van der Waals surface area contributed by atoms with E-state index in [9.17, 15) is 23.5 Å². The van der Waals surface area contributed by atoms with Crippen molar-refractivity contribution in [2.45, 2.75) is 18.6 Å². The fraction of sp³-hybridized carbons (Fsp3) is 0.143. The van der Waals surface area contributed by atoms with Gasteiger partial charge in [-0.3, -0.25) is 10.2 Å². The maximum Gasteiger partial charge on any atom is 0.450 e. The van der Waals surface area contributed by atoms with Crippen LogP contribution in [0.4, 0.5) is 19.3 Å². The number of hydrogen-bond acceptors (Lipinski definition) is 7. The summed E-state index contributed by atoms with van der Waals surface area (Å²) in [5.74, 6) is -5.24. The topological polar surface area (TPSA) is 100 Å². The predicted octanol–water partition coefficient (Wildman–Crippen LogP) is 4.56. The molecule has 1 aliphatic heterocycles. The molecule has 0 spiro atoms. The van der Waals surface area contributed by atoms with E-state index in [0.29, 0.717) is 27.8 Å². The predicted molar refractivity (Wildman–Crippen MR) is 116 cm³/mol. The monoisotopic (exact) mass is 495 g/mol. The van der Waals surface area contributed by atoms with Gasteiger partial charge in [-0.15, -0.1) is 11.3 Å². The van der Waals surface area contributed by atoms with Crippen molar-refractivity contribution in [3.8, 4) is 11.5 Å². The molecule has 1 atom stereocenters. The SMILES string of the molecule is O=C(NNC(=O)C(F)(F)C(O)c1cccs1)ON1Cc2ccccc2Oc2ccc(Cl)cc21. The van der Waals surface area contributed by atoms with Crippen LogP contribution in [-0.4, -0.2) is 23.0 Å². The second-order valence-corrected chi connectivity index (χ2v) is 8.27. The lowest BCUT2D eigenvalue weighted by molar-refractivity contribution is -0.164. The van der Waals surface area contributed by atoms with Gasteiger partial charge in [0.05, 0.1) is 6.54 Å². The highest BCUT2D eigenvalue weighted by atomic mass is 35.5. The molecule has 1 aliphatic rings. The number of aliphatic hydroxyl groups excluding tert-OH is 1. The number of thiophene rings is 1. The Balaban J connectivity index is 1.45. The Morgan fingerprint density at radius 3 is 2.70 bits per heavy atom. The van der Waals surface area contributed by atoms with E-state index >= 15 is 0 Å². The van der Waals surface area contributed by atoms with Crippen molar-refractivity contribution in [3.05, 3.63) is 75.4 Å². The number of nitrogens with one attached hydrogen (secondary N) is 2. The molecule has 0 bridgehead atoms. The van der Waals surface area contributed by atoms with E-state index in [1.165, 1.54) is 23.6 Å².